The standard InChI is InChI=1S/C7H8BFO3S/c1-13-7-3-2-5(4-6(7)9)12-8(10)11/h2-4,10-11H,1H3. The smallest absolute Gasteiger partial charge is 0.512 e. The molecule has 13 heavy (non-hydrogen) atoms. The van der Waals surface area contributed by atoms with E-state index in [1.165, 1.54) is 23.9 Å². The highest BCUT2D eigenvalue weighted by molar-refractivity contribution is 7.98. The molecule has 0 saturated heterocycles. The van der Waals surface area contributed by atoms with Gasteiger partial charge in [-0.05, 0) is 18.4 Å². The van der Waals surface area contributed by atoms with Crippen molar-refractivity contribution in [1.82, 2.24) is 0 Å². The van der Waals surface area contributed by atoms with Crippen LogP contribution in [0.25, 0.3) is 0 Å². The predicted molar refractivity (Wildman–Crippen MR) is 49.0 cm³/mol. The van der Waals surface area contributed by atoms with Crippen LogP contribution in [0.1, 0.15) is 0 Å². The van der Waals surface area contributed by atoms with Crippen LogP contribution >= 0.6 is 11.8 Å². The van der Waals surface area contributed by atoms with E-state index >= 15 is 0 Å². The summed E-state index contributed by atoms with van der Waals surface area (Å²) < 4.78 is 17.5. The lowest BCUT2D eigenvalue weighted by atomic mass is 10.2. The van der Waals surface area contributed by atoms with Gasteiger partial charge in [-0.2, -0.15) is 0 Å². The summed E-state index contributed by atoms with van der Waals surface area (Å²) in [4.78, 5) is 0.486. The van der Waals surface area contributed by atoms with Crippen molar-refractivity contribution in [3.8, 4) is 5.75 Å². The molecule has 1 aromatic rings. The van der Waals surface area contributed by atoms with Gasteiger partial charge in [-0.15, -0.1) is 11.8 Å². The van der Waals surface area contributed by atoms with Crippen LogP contribution in [0.4, 0.5) is 4.39 Å². The Morgan fingerprint density at radius 1 is 1.46 bits per heavy atom. The summed E-state index contributed by atoms with van der Waals surface area (Å²) >= 11 is 1.27. The van der Waals surface area contributed by atoms with Gasteiger partial charge < -0.3 is 14.7 Å². The molecule has 70 valence electrons. The molecule has 0 saturated carbocycles. The molecule has 0 heterocycles. The minimum absolute atomic E-state index is 0.0882. The molecular formula is C7H8BFO3S. The molecule has 0 amide bonds. The summed E-state index contributed by atoms with van der Waals surface area (Å²) in [5.74, 6) is -0.351. The van der Waals surface area contributed by atoms with E-state index in [1.807, 2.05) is 0 Å². The van der Waals surface area contributed by atoms with E-state index in [4.69, 9.17) is 10.0 Å². The number of hydrogen-bond acceptors (Lipinski definition) is 4. The SMILES string of the molecule is CSc1ccc(OB(O)O)cc1F. The highest BCUT2D eigenvalue weighted by Crippen LogP contribution is 2.23. The molecule has 0 spiro atoms. The Labute approximate surface area is 79.7 Å². The zero-order valence-corrected chi connectivity index (χ0v) is 7.71. The van der Waals surface area contributed by atoms with Crippen LogP contribution in [-0.4, -0.2) is 23.6 Å². The second-order valence-electron chi connectivity index (χ2n) is 2.24. The molecule has 0 atom stereocenters. The molecule has 0 radical (unpaired) electrons. The average Bonchev–Trinajstić information content (AvgIpc) is 2.03. The predicted octanol–water partition coefficient (Wildman–Crippen LogP) is 0.896. The first kappa shape index (κ1) is 10.4. The van der Waals surface area contributed by atoms with E-state index < -0.39 is 13.1 Å². The first-order valence-corrected chi connectivity index (χ1v) is 4.72. The number of thioether (sulfide) groups is 1. The quantitative estimate of drug-likeness (QED) is 0.564. The third-order valence-electron chi connectivity index (χ3n) is 1.36. The normalized spacial score (nSPS) is 9.85. The van der Waals surface area contributed by atoms with Crippen LogP contribution < -0.4 is 4.65 Å². The van der Waals surface area contributed by atoms with Crippen molar-refractivity contribution >= 4 is 19.1 Å². The molecule has 0 aromatic heterocycles. The first-order valence-electron chi connectivity index (χ1n) is 3.50. The van der Waals surface area contributed by atoms with E-state index in [-0.39, 0.29) is 5.75 Å². The van der Waals surface area contributed by atoms with E-state index in [1.54, 1.807) is 6.26 Å². The Morgan fingerprint density at radius 2 is 2.15 bits per heavy atom. The molecule has 0 bridgehead atoms. The summed E-state index contributed by atoms with van der Waals surface area (Å²) in [7, 11) is -1.92. The molecule has 1 aromatic carbocycles. The first-order chi connectivity index (χ1) is 6.13. The van der Waals surface area contributed by atoms with Gasteiger partial charge in [0.1, 0.15) is 11.6 Å². The molecule has 2 N–H and O–H groups in total. The van der Waals surface area contributed by atoms with Crippen LogP contribution in [0.5, 0.6) is 5.75 Å². The van der Waals surface area contributed by atoms with Crippen molar-refractivity contribution in [3.63, 3.8) is 0 Å². The van der Waals surface area contributed by atoms with Crippen LogP contribution in [0.15, 0.2) is 23.1 Å². The van der Waals surface area contributed by atoms with Crippen LogP contribution in [0.3, 0.4) is 0 Å². The zero-order valence-electron chi connectivity index (χ0n) is 6.90. The van der Waals surface area contributed by atoms with Crippen LogP contribution in [0.2, 0.25) is 0 Å². The highest BCUT2D eigenvalue weighted by Gasteiger charge is 2.12. The number of hydrogen-bond donors (Lipinski definition) is 2. The van der Waals surface area contributed by atoms with Gasteiger partial charge in [-0.25, -0.2) is 4.39 Å². The third kappa shape index (κ3) is 2.91. The maximum absolute atomic E-state index is 13.0. The van der Waals surface area contributed by atoms with E-state index in [9.17, 15) is 4.39 Å². The monoisotopic (exact) mass is 202 g/mol. The highest BCUT2D eigenvalue weighted by atomic mass is 32.2. The molecule has 0 aliphatic rings. The Hall–Kier alpha value is -0.715. The van der Waals surface area contributed by atoms with E-state index in [0.29, 0.717) is 4.90 Å². The van der Waals surface area contributed by atoms with Crippen molar-refractivity contribution in [2.75, 3.05) is 6.26 Å². The second-order valence-corrected chi connectivity index (χ2v) is 3.09. The maximum Gasteiger partial charge on any atom is 0.707 e. The molecule has 3 nitrogen and oxygen atoms in total. The van der Waals surface area contributed by atoms with Crippen molar-refractivity contribution < 1.29 is 19.1 Å². The molecule has 6 heteroatoms. The third-order valence-corrected chi connectivity index (χ3v) is 2.14. The van der Waals surface area contributed by atoms with Crippen molar-refractivity contribution in [3.05, 3.63) is 24.0 Å². The van der Waals surface area contributed by atoms with Gasteiger partial charge in [-0.1, -0.05) is 0 Å². The van der Waals surface area contributed by atoms with Gasteiger partial charge in [0.05, 0.1) is 0 Å². The summed E-state index contributed by atoms with van der Waals surface area (Å²) in [6, 6.07) is 4.08. The van der Waals surface area contributed by atoms with Gasteiger partial charge in [0, 0.05) is 11.0 Å². The largest absolute Gasteiger partial charge is 0.707 e. The lowest BCUT2D eigenvalue weighted by molar-refractivity contribution is 0.287. The molecule has 0 aliphatic carbocycles. The average molecular weight is 202 g/mol. The minimum Gasteiger partial charge on any atom is -0.512 e. The Bertz CT molecular complexity index is 295. The Balaban J connectivity index is 2.83. The second kappa shape index (κ2) is 4.50. The summed E-state index contributed by atoms with van der Waals surface area (Å²) in [6.07, 6.45) is 1.75. The molecule has 0 unspecified atom stereocenters. The molecule has 0 aliphatic heterocycles. The fourth-order valence-corrected chi connectivity index (χ4v) is 1.30. The Kier molecular flexibility index (Phi) is 3.59. The summed E-state index contributed by atoms with van der Waals surface area (Å²) in [5, 5.41) is 16.9. The van der Waals surface area contributed by atoms with E-state index in [0.717, 1.165) is 6.07 Å². The maximum atomic E-state index is 13.0. The van der Waals surface area contributed by atoms with Crippen LogP contribution in [-0.2, 0) is 0 Å². The zero-order chi connectivity index (χ0) is 9.84. The fraction of sp³-hybridized carbons (Fsp3) is 0.143. The van der Waals surface area contributed by atoms with E-state index in [2.05, 4.69) is 4.65 Å². The molecular weight excluding hydrogens is 194 g/mol. The van der Waals surface area contributed by atoms with Crippen LogP contribution in [0, 0.1) is 5.82 Å². The van der Waals surface area contributed by atoms with Gasteiger partial charge in [0.15, 0.2) is 0 Å². The summed E-state index contributed by atoms with van der Waals surface area (Å²) in [6.45, 7) is 0. The van der Waals surface area contributed by atoms with Gasteiger partial charge in [0.25, 0.3) is 0 Å². The molecule has 1 rings (SSSR count). The van der Waals surface area contributed by atoms with Gasteiger partial charge in [0.2, 0.25) is 0 Å². The minimum atomic E-state index is -1.92. The number of benzene rings is 1. The topological polar surface area (TPSA) is 49.7 Å². The van der Waals surface area contributed by atoms with Crippen molar-refractivity contribution in [2.45, 2.75) is 4.90 Å². The number of rotatable bonds is 3. The summed E-state index contributed by atoms with van der Waals surface area (Å²) in [5.41, 5.74) is 0. The lowest BCUT2D eigenvalue weighted by Gasteiger charge is -2.05. The van der Waals surface area contributed by atoms with Gasteiger partial charge in [-0.3, -0.25) is 0 Å². The Morgan fingerprint density at radius 3 is 2.62 bits per heavy atom. The van der Waals surface area contributed by atoms with Crippen molar-refractivity contribution in [2.24, 2.45) is 0 Å². The fourth-order valence-electron chi connectivity index (χ4n) is 0.842. The molecule has 0 fully saturated rings. The van der Waals surface area contributed by atoms with Crippen molar-refractivity contribution in [1.29, 1.82) is 0 Å². The van der Waals surface area contributed by atoms with Gasteiger partial charge >= 0.3 is 7.32 Å². The lowest BCUT2D eigenvalue weighted by Crippen LogP contribution is -2.20. The number of halogens is 1.